The molecule has 4 rings (SSSR count). The van der Waals surface area contributed by atoms with Crippen LogP contribution in [0.3, 0.4) is 0 Å². The van der Waals surface area contributed by atoms with Crippen molar-refractivity contribution in [2.75, 3.05) is 26.2 Å². The monoisotopic (exact) mass is 476 g/mol. The first-order chi connectivity index (χ1) is 15.9. The fraction of sp³-hybridized carbons (Fsp3) is 0.522. The number of unbranched alkanes of at least 4 members (excludes halogenated alkanes) is 1. The number of H-pyrrole nitrogens is 1. The van der Waals surface area contributed by atoms with Crippen molar-refractivity contribution in [3.8, 4) is 0 Å². The maximum absolute atomic E-state index is 14.1. The van der Waals surface area contributed by atoms with Crippen molar-refractivity contribution in [3.05, 3.63) is 61.3 Å². The molecule has 0 amide bonds. The van der Waals surface area contributed by atoms with Crippen LogP contribution in [0.4, 0.5) is 4.39 Å². The number of hydrogen-bond donors (Lipinski definition) is 1. The summed E-state index contributed by atoms with van der Waals surface area (Å²) in [6, 6.07) is 4.77. The number of benzene rings is 1. The Kier molecular flexibility index (Phi) is 7.31. The predicted molar refractivity (Wildman–Crippen MR) is 127 cm³/mol. The van der Waals surface area contributed by atoms with Crippen LogP contribution in [-0.2, 0) is 26.2 Å². The summed E-state index contributed by atoms with van der Waals surface area (Å²) in [4.78, 5) is 36.6. The summed E-state index contributed by atoms with van der Waals surface area (Å²) in [5.41, 5.74) is 0.645. The Balaban J connectivity index is 1.51. The van der Waals surface area contributed by atoms with E-state index in [2.05, 4.69) is 21.7 Å². The van der Waals surface area contributed by atoms with Crippen molar-refractivity contribution in [1.82, 2.24) is 28.9 Å². The van der Waals surface area contributed by atoms with Crippen LogP contribution in [-0.4, -0.2) is 55.1 Å². The van der Waals surface area contributed by atoms with E-state index in [1.54, 1.807) is 16.7 Å². The normalized spacial score (nSPS) is 15.5. The van der Waals surface area contributed by atoms with Crippen molar-refractivity contribution >= 4 is 22.8 Å². The van der Waals surface area contributed by atoms with E-state index in [1.807, 2.05) is 11.5 Å². The molecule has 3 heterocycles. The zero-order chi connectivity index (χ0) is 23.5. The van der Waals surface area contributed by atoms with Crippen LogP contribution in [0.2, 0.25) is 5.02 Å². The third-order valence-corrected chi connectivity index (χ3v) is 6.64. The second-order valence-electron chi connectivity index (χ2n) is 8.46. The van der Waals surface area contributed by atoms with Gasteiger partial charge < -0.3 is 4.57 Å². The molecule has 0 radical (unpaired) electrons. The third kappa shape index (κ3) is 4.90. The molecule has 0 bridgehead atoms. The molecule has 0 atom stereocenters. The number of halogens is 2. The highest BCUT2D eigenvalue weighted by molar-refractivity contribution is 6.31. The van der Waals surface area contributed by atoms with Gasteiger partial charge in [-0.25, -0.2) is 14.2 Å². The zero-order valence-electron chi connectivity index (χ0n) is 19.1. The molecule has 0 saturated carbocycles. The summed E-state index contributed by atoms with van der Waals surface area (Å²) in [7, 11) is 0. The molecule has 3 aromatic rings. The van der Waals surface area contributed by atoms with E-state index in [-0.39, 0.29) is 5.82 Å². The van der Waals surface area contributed by atoms with Crippen molar-refractivity contribution in [2.45, 2.75) is 52.9 Å². The number of imidazole rings is 1. The molecule has 0 aliphatic carbocycles. The molecule has 2 aromatic heterocycles. The lowest BCUT2D eigenvalue weighted by atomic mass is 10.2. The van der Waals surface area contributed by atoms with Crippen LogP contribution in [0.15, 0.2) is 27.8 Å². The average Bonchev–Trinajstić information content (AvgIpc) is 3.16. The van der Waals surface area contributed by atoms with Gasteiger partial charge >= 0.3 is 5.69 Å². The number of rotatable bonds is 8. The third-order valence-electron chi connectivity index (χ3n) is 6.29. The minimum absolute atomic E-state index is 0.277. The Morgan fingerprint density at radius 2 is 1.76 bits per heavy atom. The van der Waals surface area contributed by atoms with Crippen LogP contribution in [0.1, 0.15) is 38.1 Å². The number of nitrogens with one attached hydrogen (secondary N) is 1. The fourth-order valence-corrected chi connectivity index (χ4v) is 4.64. The van der Waals surface area contributed by atoms with E-state index in [0.29, 0.717) is 47.9 Å². The minimum Gasteiger partial charge on any atom is -0.321 e. The minimum atomic E-state index is -0.409. The highest BCUT2D eigenvalue weighted by atomic mass is 35.5. The van der Waals surface area contributed by atoms with Gasteiger partial charge in [-0.05, 0) is 25.5 Å². The SMILES string of the molecule is CCCCn1c(=O)[nH]c(=O)c2c1nc(CN1CCN(Cc3c(F)cccc3Cl)CC1)n2CC. The topological polar surface area (TPSA) is 79.2 Å². The lowest BCUT2D eigenvalue weighted by Gasteiger charge is -2.34. The van der Waals surface area contributed by atoms with E-state index >= 15 is 0 Å². The summed E-state index contributed by atoms with van der Waals surface area (Å²) in [6.45, 7) is 9.34. The first-order valence-corrected chi connectivity index (χ1v) is 11.9. The molecule has 1 aliphatic heterocycles. The average molecular weight is 477 g/mol. The molecule has 33 heavy (non-hydrogen) atoms. The number of fused-ring (bicyclic) bond motifs is 1. The number of nitrogens with zero attached hydrogens (tertiary/aromatic N) is 5. The lowest BCUT2D eigenvalue weighted by molar-refractivity contribution is 0.118. The van der Waals surface area contributed by atoms with Crippen molar-refractivity contribution in [2.24, 2.45) is 0 Å². The Labute approximate surface area is 196 Å². The van der Waals surface area contributed by atoms with E-state index in [9.17, 15) is 14.0 Å². The smallest absolute Gasteiger partial charge is 0.321 e. The summed E-state index contributed by atoms with van der Waals surface area (Å²) in [5, 5.41) is 0.452. The van der Waals surface area contributed by atoms with Crippen LogP contribution in [0.5, 0.6) is 0 Å². The Morgan fingerprint density at radius 3 is 2.39 bits per heavy atom. The van der Waals surface area contributed by atoms with E-state index in [0.717, 1.165) is 44.8 Å². The highest BCUT2D eigenvalue weighted by Crippen LogP contribution is 2.22. The molecule has 8 nitrogen and oxygen atoms in total. The van der Waals surface area contributed by atoms with E-state index in [4.69, 9.17) is 16.6 Å². The molecule has 1 saturated heterocycles. The molecular formula is C23H30ClFN6O2. The lowest BCUT2D eigenvalue weighted by Crippen LogP contribution is -2.45. The predicted octanol–water partition coefficient (Wildman–Crippen LogP) is 2.82. The van der Waals surface area contributed by atoms with Gasteiger partial charge in [-0.3, -0.25) is 24.1 Å². The molecule has 178 valence electrons. The molecule has 1 N–H and O–H groups in total. The van der Waals surface area contributed by atoms with Gasteiger partial charge in [0.2, 0.25) is 0 Å². The largest absolute Gasteiger partial charge is 0.330 e. The van der Waals surface area contributed by atoms with Crippen LogP contribution in [0.25, 0.3) is 11.2 Å². The molecule has 1 aliphatic rings. The number of aromatic amines is 1. The fourth-order valence-electron chi connectivity index (χ4n) is 4.42. The Morgan fingerprint density at radius 1 is 1.06 bits per heavy atom. The summed E-state index contributed by atoms with van der Waals surface area (Å²) in [5.74, 6) is 0.500. The highest BCUT2D eigenvalue weighted by Gasteiger charge is 2.23. The van der Waals surface area contributed by atoms with Crippen molar-refractivity contribution < 1.29 is 4.39 Å². The van der Waals surface area contributed by atoms with Crippen LogP contribution >= 0.6 is 11.6 Å². The standard InChI is InChI=1S/C23H30ClFN6O2/c1-3-5-9-31-21-20(22(32)27-23(31)33)30(4-2)19(26-21)15-29-12-10-28(11-13-29)14-16-17(24)7-6-8-18(16)25/h6-8H,3-5,9-15H2,1-2H3,(H,27,32,33). The van der Waals surface area contributed by atoms with Crippen LogP contribution in [0, 0.1) is 5.82 Å². The summed E-state index contributed by atoms with van der Waals surface area (Å²) >= 11 is 6.18. The van der Waals surface area contributed by atoms with Gasteiger partial charge in [0.15, 0.2) is 11.2 Å². The molecule has 0 unspecified atom stereocenters. The Hall–Kier alpha value is -2.49. The zero-order valence-corrected chi connectivity index (χ0v) is 19.9. The van der Waals surface area contributed by atoms with Crippen LogP contribution < -0.4 is 11.2 Å². The number of aryl methyl sites for hydroxylation is 2. The number of hydrogen-bond acceptors (Lipinski definition) is 5. The number of piperazine rings is 1. The Bertz CT molecular complexity index is 1220. The van der Waals surface area contributed by atoms with Gasteiger partial charge in [0.1, 0.15) is 11.6 Å². The van der Waals surface area contributed by atoms with Gasteiger partial charge in [-0.15, -0.1) is 0 Å². The van der Waals surface area contributed by atoms with Crippen molar-refractivity contribution in [3.63, 3.8) is 0 Å². The molecule has 1 fully saturated rings. The second kappa shape index (κ2) is 10.2. The van der Waals surface area contributed by atoms with Crippen molar-refractivity contribution in [1.29, 1.82) is 0 Å². The number of aromatic nitrogens is 4. The molecule has 10 heteroatoms. The molecule has 1 aromatic carbocycles. The first-order valence-electron chi connectivity index (χ1n) is 11.5. The van der Waals surface area contributed by atoms with Gasteiger partial charge in [0.25, 0.3) is 5.56 Å². The molecular weight excluding hydrogens is 447 g/mol. The quantitative estimate of drug-likeness (QED) is 0.541. The van der Waals surface area contributed by atoms with Gasteiger partial charge in [-0.2, -0.15) is 0 Å². The van der Waals surface area contributed by atoms with Gasteiger partial charge in [0.05, 0.1) is 6.54 Å². The summed E-state index contributed by atoms with van der Waals surface area (Å²) < 4.78 is 17.6. The first kappa shape index (κ1) is 23.7. The molecule has 0 spiro atoms. The maximum Gasteiger partial charge on any atom is 0.330 e. The second-order valence-corrected chi connectivity index (χ2v) is 8.87. The summed E-state index contributed by atoms with van der Waals surface area (Å²) in [6.07, 6.45) is 1.78. The van der Waals surface area contributed by atoms with E-state index in [1.165, 1.54) is 6.07 Å². The van der Waals surface area contributed by atoms with Gasteiger partial charge in [-0.1, -0.05) is 31.0 Å². The van der Waals surface area contributed by atoms with E-state index < -0.39 is 11.2 Å². The maximum atomic E-state index is 14.1. The van der Waals surface area contributed by atoms with Gasteiger partial charge in [0, 0.05) is 56.4 Å².